The van der Waals surface area contributed by atoms with E-state index in [1.165, 1.54) is 6.08 Å². The third kappa shape index (κ3) is 5.62. The predicted octanol–water partition coefficient (Wildman–Crippen LogP) is 4.72. The Balaban J connectivity index is 1.88. The van der Waals surface area contributed by atoms with Crippen LogP contribution in [0.15, 0.2) is 48.5 Å². The molecule has 0 atom stereocenters. The summed E-state index contributed by atoms with van der Waals surface area (Å²) in [5.41, 5.74) is 1.74. The van der Waals surface area contributed by atoms with E-state index in [1.54, 1.807) is 24.3 Å². The van der Waals surface area contributed by atoms with Crippen molar-refractivity contribution in [2.45, 2.75) is 13.5 Å². The van der Waals surface area contributed by atoms with Crippen LogP contribution in [0.4, 0.5) is 0 Å². The number of ether oxygens (including phenoxy) is 1. The minimum atomic E-state index is -0.190. The van der Waals surface area contributed by atoms with Crippen LogP contribution in [0.3, 0.4) is 0 Å². The van der Waals surface area contributed by atoms with E-state index in [9.17, 15) is 4.79 Å². The number of hydrogen-bond acceptors (Lipinski definition) is 2. The van der Waals surface area contributed by atoms with Crippen molar-refractivity contribution in [3.8, 4) is 5.75 Å². The molecule has 0 heterocycles. The van der Waals surface area contributed by atoms with Crippen LogP contribution < -0.4 is 10.1 Å². The molecule has 1 N–H and O–H groups in total. The highest BCUT2D eigenvalue weighted by molar-refractivity contribution is 6.35. The Hall–Kier alpha value is -1.97. The van der Waals surface area contributed by atoms with Crippen LogP contribution in [0.25, 0.3) is 6.08 Å². The summed E-state index contributed by atoms with van der Waals surface area (Å²) >= 11 is 11.9. The van der Waals surface area contributed by atoms with Gasteiger partial charge < -0.3 is 10.1 Å². The quantitative estimate of drug-likeness (QED) is 0.766. The van der Waals surface area contributed by atoms with Gasteiger partial charge in [0, 0.05) is 22.7 Å². The summed E-state index contributed by atoms with van der Waals surface area (Å²) in [7, 11) is 0. The monoisotopic (exact) mass is 349 g/mol. The van der Waals surface area contributed by atoms with E-state index >= 15 is 0 Å². The second-order valence-electron chi connectivity index (χ2n) is 4.79. The summed E-state index contributed by atoms with van der Waals surface area (Å²) < 4.78 is 5.37. The number of nitrogens with one attached hydrogen (secondary N) is 1. The zero-order valence-electron chi connectivity index (χ0n) is 12.7. The van der Waals surface area contributed by atoms with Gasteiger partial charge in [-0.15, -0.1) is 0 Å². The Kier molecular flexibility index (Phi) is 6.51. The lowest BCUT2D eigenvalue weighted by Crippen LogP contribution is -2.20. The van der Waals surface area contributed by atoms with Crippen molar-refractivity contribution >= 4 is 35.2 Å². The van der Waals surface area contributed by atoms with Crippen molar-refractivity contribution in [3.05, 3.63) is 69.7 Å². The third-order valence-electron chi connectivity index (χ3n) is 3.09. The van der Waals surface area contributed by atoms with E-state index in [2.05, 4.69) is 5.32 Å². The SMILES string of the molecule is CCOc1ccc(/C=C/C(=O)NCc2ccc(Cl)cc2Cl)cc1. The second-order valence-corrected chi connectivity index (χ2v) is 5.63. The van der Waals surface area contributed by atoms with Gasteiger partial charge in [0.15, 0.2) is 0 Å². The zero-order valence-corrected chi connectivity index (χ0v) is 14.2. The molecule has 2 aromatic rings. The maximum absolute atomic E-state index is 11.8. The van der Waals surface area contributed by atoms with E-state index in [4.69, 9.17) is 27.9 Å². The van der Waals surface area contributed by atoms with Gasteiger partial charge in [-0.2, -0.15) is 0 Å². The molecule has 1 amide bonds. The number of benzene rings is 2. The fourth-order valence-corrected chi connectivity index (χ4v) is 2.40. The number of hydrogen-bond donors (Lipinski definition) is 1. The first kappa shape index (κ1) is 17.4. The van der Waals surface area contributed by atoms with Crippen molar-refractivity contribution in [1.29, 1.82) is 0 Å². The van der Waals surface area contributed by atoms with E-state index in [0.29, 0.717) is 23.2 Å². The maximum Gasteiger partial charge on any atom is 0.244 e. The highest BCUT2D eigenvalue weighted by Gasteiger charge is 2.02. The number of carbonyl (C=O) groups excluding carboxylic acids is 1. The molecule has 0 fully saturated rings. The van der Waals surface area contributed by atoms with Gasteiger partial charge in [-0.05, 0) is 48.4 Å². The minimum Gasteiger partial charge on any atom is -0.494 e. The Labute approximate surface area is 145 Å². The molecule has 5 heteroatoms. The summed E-state index contributed by atoms with van der Waals surface area (Å²) in [6, 6.07) is 12.7. The number of halogens is 2. The Morgan fingerprint density at radius 3 is 2.57 bits per heavy atom. The normalized spacial score (nSPS) is 10.7. The van der Waals surface area contributed by atoms with Crippen LogP contribution in [0, 0.1) is 0 Å². The summed E-state index contributed by atoms with van der Waals surface area (Å²) in [6.45, 7) is 2.92. The lowest BCUT2D eigenvalue weighted by atomic mass is 10.2. The first-order valence-corrected chi connectivity index (χ1v) is 7.97. The molecule has 0 unspecified atom stereocenters. The molecule has 2 aromatic carbocycles. The van der Waals surface area contributed by atoms with Gasteiger partial charge in [-0.25, -0.2) is 0 Å². The number of carbonyl (C=O) groups is 1. The summed E-state index contributed by atoms with van der Waals surface area (Å²) in [6.07, 6.45) is 3.23. The van der Waals surface area contributed by atoms with Crippen LogP contribution in [0.1, 0.15) is 18.1 Å². The second kappa shape index (κ2) is 8.61. The van der Waals surface area contributed by atoms with Gasteiger partial charge in [0.1, 0.15) is 5.75 Å². The Morgan fingerprint density at radius 2 is 1.91 bits per heavy atom. The molecule has 0 aliphatic rings. The molecule has 120 valence electrons. The van der Waals surface area contributed by atoms with Crippen LogP contribution in [0.5, 0.6) is 5.75 Å². The molecule has 0 aliphatic heterocycles. The molecule has 0 bridgehead atoms. The maximum atomic E-state index is 11.8. The molecular weight excluding hydrogens is 333 g/mol. The zero-order chi connectivity index (χ0) is 16.7. The first-order chi connectivity index (χ1) is 11.1. The molecule has 3 nitrogen and oxygen atoms in total. The number of rotatable bonds is 6. The Bertz CT molecular complexity index is 697. The van der Waals surface area contributed by atoms with Gasteiger partial charge in [0.25, 0.3) is 0 Å². The smallest absolute Gasteiger partial charge is 0.244 e. The summed E-state index contributed by atoms with van der Waals surface area (Å²) in [5.74, 6) is 0.622. The molecule has 0 saturated carbocycles. The van der Waals surface area contributed by atoms with Crippen molar-refractivity contribution in [2.24, 2.45) is 0 Å². The lowest BCUT2D eigenvalue weighted by Gasteiger charge is -2.05. The van der Waals surface area contributed by atoms with Gasteiger partial charge in [-0.3, -0.25) is 4.79 Å². The topological polar surface area (TPSA) is 38.3 Å². The Morgan fingerprint density at radius 1 is 1.17 bits per heavy atom. The van der Waals surface area contributed by atoms with Crippen molar-refractivity contribution in [2.75, 3.05) is 6.61 Å². The molecule has 0 saturated heterocycles. The molecule has 23 heavy (non-hydrogen) atoms. The van der Waals surface area contributed by atoms with Gasteiger partial charge >= 0.3 is 0 Å². The van der Waals surface area contributed by atoms with Crippen molar-refractivity contribution in [3.63, 3.8) is 0 Å². The van der Waals surface area contributed by atoms with Crippen molar-refractivity contribution < 1.29 is 9.53 Å². The van der Waals surface area contributed by atoms with Crippen LogP contribution in [-0.2, 0) is 11.3 Å². The fourth-order valence-electron chi connectivity index (χ4n) is 1.92. The van der Waals surface area contributed by atoms with Crippen LogP contribution >= 0.6 is 23.2 Å². The predicted molar refractivity (Wildman–Crippen MR) is 95.0 cm³/mol. The molecule has 0 aliphatic carbocycles. The molecular formula is C18H17Cl2NO2. The fraction of sp³-hybridized carbons (Fsp3) is 0.167. The van der Waals surface area contributed by atoms with Gasteiger partial charge in [0.05, 0.1) is 6.61 Å². The van der Waals surface area contributed by atoms with Crippen LogP contribution in [0.2, 0.25) is 10.0 Å². The van der Waals surface area contributed by atoms with E-state index in [1.807, 2.05) is 31.2 Å². The van der Waals surface area contributed by atoms with Crippen molar-refractivity contribution in [1.82, 2.24) is 5.32 Å². The average molecular weight is 350 g/mol. The van der Waals surface area contributed by atoms with E-state index in [-0.39, 0.29) is 5.91 Å². The average Bonchev–Trinajstić information content (AvgIpc) is 2.54. The highest BCUT2D eigenvalue weighted by Crippen LogP contribution is 2.20. The summed E-state index contributed by atoms with van der Waals surface area (Å²) in [5, 5.41) is 3.89. The number of amides is 1. The first-order valence-electron chi connectivity index (χ1n) is 7.21. The van der Waals surface area contributed by atoms with Gasteiger partial charge in [-0.1, -0.05) is 41.4 Å². The molecule has 2 rings (SSSR count). The minimum absolute atomic E-state index is 0.190. The van der Waals surface area contributed by atoms with Gasteiger partial charge in [0.2, 0.25) is 5.91 Å². The van der Waals surface area contributed by atoms with E-state index in [0.717, 1.165) is 16.9 Å². The standard InChI is InChI=1S/C18H17Cl2NO2/c1-2-23-16-8-3-13(4-9-16)5-10-18(22)21-12-14-6-7-15(19)11-17(14)20/h3-11H,2,12H2,1H3,(H,21,22)/b10-5+. The molecule has 0 spiro atoms. The van der Waals surface area contributed by atoms with E-state index < -0.39 is 0 Å². The molecule has 0 radical (unpaired) electrons. The van der Waals surface area contributed by atoms with Crippen LogP contribution in [-0.4, -0.2) is 12.5 Å². The third-order valence-corrected chi connectivity index (χ3v) is 3.67. The lowest BCUT2D eigenvalue weighted by molar-refractivity contribution is -0.116. The highest BCUT2D eigenvalue weighted by atomic mass is 35.5. The molecule has 0 aromatic heterocycles. The largest absolute Gasteiger partial charge is 0.494 e. The summed E-state index contributed by atoms with van der Waals surface area (Å²) in [4.78, 5) is 11.8.